The van der Waals surface area contributed by atoms with E-state index in [2.05, 4.69) is 20.2 Å². The fourth-order valence-electron chi connectivity index (χ4n) is 2.95. The Bertz CT molecular complexity index is 521. The quantitative estimate of drug-likeness (QED) is 0.912. The third kappa shape index (κ3) is 3.31. The molecule has 0 bridgehead atoms. The molecule has 1 amide bonds. The summed E-state index contributed by atoms with van der Waals surface area (Å²) in [4.78, 5) is 25.2. The molecular formula is C16H25N5O. The molecule has 1 aliphatic heterocycles. The number of carbonyl (C=O) groups is 1. The van der Waals surface area contributed by atoms with E-state index in [0.29, 0.717) is 6.04 Å². The Hall–Kier alpha value is -1.85. The van der Waals surface area contributed by atoms with Gasteiger partial charge < -0.3 is 15.1 Å². The summed E-state index contributed by atoms with van der Waals surface area (Å²) in [6.45, 7) is 1.79. The second kappa shape index (κ2) is 6.50. The third-order valence-corrected chi connectivity index (χ3v) is 4.69. The minimum Gasteiger partial charge on any atom is -0.363 e. The van der Waals surface area contributed by atoms with Gasteiger partial charge in [0.25, 0.3) is 0 Å². The van der Waals surface area contributed by atoms with E-state index in [1.165, 1.54) is 6.42 Å². The monoisotopic (exact) mass is 303 g/mol. The van der Waals surface area contributed by atoms with Crippen molar-refractivity contribution in [2.45, 2.75) is 38.1 Å². The molecule has 0 spiro atoms. The molecule has 6 heteroatoms. The molecule has 0 radical (unpaired) electrons. The van der Waals surface area contributed by atoms with E-state index >= 15 is 0 Å². The van der Waals surface area contributed by atoms with Crippen molar-refractivity contribution in [3.8, 4) is 0 Å². The van der Waals surface area contributed by atoms with E-state index in [9.17, 15) is 4.79 Å². The van der Waals surface area contributed by atoms with Gasteiger partial charge in [0.05, 0.1) is 0 Å². The molecule has 0 atom stereocenters. The van der Waals surface area contributed by atoms with Gasteiger partial charge in [-0.1, -0.05) is 6.42 Å². The van der Waals surface area contributed by atoms with Crippen LogP contribution in [0.3, 0.4) is 0 Å². The van der Waals surface area contributed by atoms with E-state index in [1.54, 1.807) is 0 Å². The van der Waals surface area contributed by atoms with Crippen LogP contribution in [0.25, 0.3) is 0 Å². The van der Waals surface area contributed by atoms with Crippen LogP contribution in [0.2, 0.25) is 0 Å². The van der Waals surface area contributed by atoms with Crippen molar-refractivity contribution in [1.29, 1.82) is 0 Å². The topological polar surface area (TPSA) is 61.4 Å². The van der Waals surface area contributed by atoms with Crippen LogP contribution in [0.5, 0.6) is 0 Å². The molecule has 1 aromatic heterocycles. The first kappa shape index (κ1) is 15.1. The van der Waals surface area contributed by atoms with Gasteiger partial charge in [0.1, 0.15) is 5.82 Å². The highest BCUT2D eigenvalue weighted by molar-refractivity contribution is 5.79. The number of hydrogen-bond donors (Lipinski definition) is 1. The lowest BCUT2D eigenvalue weighted by atomic mass is 9.84. The van der Waals surface area contributed by atoms with Gasteiger partial charge in [-0.05, 0) is 31.7 Å². The lowest BCUT2D eigenvalue weighted by Crippen LogP contribution is -2.47. The fourth-order valence-corrected chi connectivity index (χ4v) is 2.95. The van der Waals surface area contributed by atoms with Gasteiger partial charge in [0, 0.05) is 45.3 Å². The van der Waals surface area contributed by atoms with Crippen LogP contribution >= 0.6 is 0 Å². The normalized spacial score (nSPS) is 19.6. The first-order valence-electron chi connectivity index (χ1n) is 8.19. The molecule has 22 heavy (non-hydrogen) atoms. The molecule has 1 aromatic rings. The summed E-state index contributed by atoms with van der Waals surface area (Å²) in [5.41, 5.74) is 0. The minimum absolute atomic E-state index is 0.260. The first-order valence-corrected chi connectivity index (χ1v) is 8.19. The number of hydrogen-bond acceptors (Lipinski definition) is 5. The van der Waals surface area contributed by atoms with Gasteiger partial charge in [0.2, 0.25) is 11.9 Å². The summed E-state index contributed by atoms with van der Waals surface area (Å²) >= 11 is 0. The zero-order valence-corrected chi connectivity index (χ0v) is 13.5. The summed E-state index contributed by atoms with van der Waals surface area (Å²) in [5, 5.41) is 3.21. The smallest absolute Gasteiger partial charge is 0.227 e. The standard InChI is InChI=1S/C16H25N5O/c1-20(2)14-6-9-17-16(19-14)21-10-7-13(8-11-21)18-15(22)12-4-3-5-12/h6,9,12-13H,3-5,7-8,10-11H2,1-2H3,(H,18,22). The summed E-state index contributed by atoms with van der Waals surface area (Å²) < 4.78 is 0. The third-order valence-electron chi connectivity index (χ3n) is 4.69. The van der Waals surface area contributed by atoms with E-state index in [0.717, 1.165) is 50.5 Å². The largest absolute Gasteiger partial charge is 0.363 e. The number of carbonyl (C=O) groups excluding carboxylic acids is 1. The van der Waals surface area contributed by atoms with Crippen LogP contribution in [-0.2, 0) is 4.79 Å². The van der Waals surface area contributed by atoms with Gasteiger partial charge in [-0.2, -0.15) is 4.98 Å². The van der Waals surface area contributed by atoms with Crippen LogP contribution in [0.1, 0.15) is 32.1 Å². The number of amides is 1. The summed E-state index contributed by atoms with van der Waals surface area (Å²) in [6.07, 6.45) is 7.08. The van der Waals surface area contributed by atoms with Crippen LogP contribution < -0.4 is 15.1 Å². The highest BCUT2D eigenvalue weighted by Gasteiger charge is 2.28. The van der Waals surface area contributed by atoms with Crippen LogP contribution in [0.15, 0.2) is 12.3 Å². The molecule has 2 aliphatic rings. The Kier molecular flexibility index (Phi) is 4.45. The van der Waals surface area contributed by atoms with Crippen molar-refractivity contribution < 1.29 is 4.79 Å². The number of nitrogens with zero attached hydrogens (tertiary/aromatic N) is 4. The maximum Gasteiger partial charge on any atom is 0.227 e. The Balaban J connectivity index is 1.52. The second-order valence-corrected chi connectivity index (χ2v) is 6.51. The molecule has 0 unspecified atom stereocenters. The first-order chi connectivity index (χ1) is 10.6. The molecule has 0 aromatic carbocycles. The zero-order chi connectivity index (χ0) is 15.5. The molecule has 1 aliphatic carbocycles. The molecular weight excluding hydrogens is 278 g/mol. The van der Waals surface area contributed by atoms with Gasteiger partial charge in [-0.25, -0.2) is 4.98 Å². The molecule has 1 saturated carbocycles. The number of aromatic nitrogens is 2. The lowest BCUT2D eigenvalue weighted by Gasteiger charge is -2.34. The van der Waals surface area contributed by atoms with Crippen molar-refractivity contribution >= 4 is 17.7 Å². The van der Waals surface area contributed by atoms with Gasteiger partial charge in [0.15, 0.2) is 0 Å². The fraction of sp³-hybridized carbons (Fsp3) is 0.688. The Labute approximate surface area is 131 Å². The average Bonchev–Trinajstić information content (AvgIpc) is 2.46. The maximum absolute atomic E-state index is 12.0. The highest BCUT2D eigenvalue weighted by Crippen LogP contribution is 2.27. The van der Waals surface area contributed by atoms with E-state index < -0.39 is 0 Å². The van der Waals surface area contributed by atoms with Crippen molar-refractivity contribution in [2.24, 2.45) is 5.92 Å². The number of rotatable bonds is 4. The Morgan fingerprint density at radius 3 is 2.59 bits per heavy atom. The van der Waals surface area contributed by atoms with Crippen molar-refractivity contribution in [2.75, 3.05) is 37.0 Å². The molecule has 3 rings (SSSR count). The van der Waals surface area contributed by atoms with E-state index in [4.69, 9.17) is 0 Å². The predicted molar refractivity (Wildman–Crippen MR) is 87.1 cm³/mol. The molecule has 2 fully saturated rings. The van der Waals surface area contributed by atoms with Gasteiger partial charge in [-0.15, -0.1) is 0 Å². The second-order valence-electron chi connectivity index (χ2n) is 6.51. The van der Waals surface area contributed by atoms with Gasteiger partial charge in [-0.3, -0.25) is 4.79 Å². The maximum atomic E-state index is 12.0. The van der Waals surface area contributed by atoms with E-state index in [-0.39, 0.29) is 11.8 Å². The molecule has 6 nitrogen and oxygen atoms in total. The lowest BCUT2D eigenvalue weighted by molar-refractivity contribution is -0.128. The Morgan fingerprint density at radius 2 is 2.00 bits per heavy atom. The summed E-state index contributed by atoms with van der Waals surface area (Å²) in [6, 6.07) is 2.22. The van der Waals surface area contributed by atoms with Crippen LogP contribution in [-0.4, -0.2) is 49.1 Å². The molecule has 2 heterocycles. The SMILES string of the molecule is CN(C)c1ccnc(N2CCC(NC(=O)C3CCC3)CC2)n1. The summed E-state index contributed by atoms with van der Waals surface area (Å²) in [5.74, 6) is 2.24. The van der Waals surface area contributed by atoms with Gasteiger partial charge >= 0.3 is 0 Å². The van der Waals surface area contributed by atoms with Crippen LogP contribution in [0.4, 0.5) is 11.8 Å². The number of nitrogens with one attached hydrogen (secondary N) is 1. The highest BCUT2D eigenvalue weighted by atomic mass is 16.2. The zero-order valence-electron chi connectivity index (χ0n) is 13.5. The minimum atomic E-state index is 0.260. The van der Waals surface area contributed by atoms with E-state index in [1.807, 2.05) is 31.3 Å². The average molecular weight is 303 g/mol. The summed E-state index contributed by atoms with van der Waals surface area (Å²) in [7, 11) is 3.96. The number of anilines is 2. The van der Waals surface area contributed by atoms with Crippen LogP contribution in [0, 0.1) is 5.92 Å². The molecule has 1 N–H and O–H groups in total. The van der Waals surface area contributed by atoms with Crippen molar-refractivity contribution in [1.82, 2.24) is 15.3 Å². The van der Waals surface area contributed by atoms with Crippen molar-refractivity contribution in [3.05, 3.63) is 12.3 Å². The number of piperidine rings is 1. The molecule has 1 saturated heterocycles. The molecule has 120 valence electrons. The predicted octanol–water partition coefficient (Wildman–Crippen LogP) is 1.43. The Morgan fingerprint density at radius 1 is 1.27 bits per heavy atom. The van der Waals surface area contributed by atoms with Crippen molar-refractivity contribution in [3.63, 3.8) is 0 Å².